The highest BCUT2D eigenvalue weighted by Crippen LogP contribution is 2.31. The smallest absolute Gasteiger partial charge is 0.162 e. The van der Waals surface area contributed by atoms with E-state index in [0.29, 0.717) is 23.7 Å². The molecule has 0 unspecified atom stereocenters. The first-order chi connectivity index (χ1) is 10.2. The van der Waals surface area contributed by atoms with Gasteiger partial charge in [-0.15, -0.1) is 0 Å². The van der Waals surface area contributed by atoms with Crippen LogP contribution in [0.25, 0.3) is 0 Å². The summed E-state index contributed by atoms with van der Waals surface area (Å²) in [5, 5.41) is 9.09. The molecule has 0 saturated carbocycles. The SMILES string of the molecule is COc1cc(C#N)c(C(C)=O)cc1OCc1ccccc1. The maximum Gasteiger partial charge on any atom is 0.162 e. The van der Waals surface area contributed by atoms with Crippen LogP contribution in [0, 0.1) is 11.3 Å². The third-order valence-corrected chi connectivity index (χ3v) is 3.04. The summed E-state index contributed by atoms with van der Waals surface area (Å²) >= 11 is 0. The maximum absolute atomic E-state index is 11.6. The molecule has 2 aromatic rings. The minimum atomic E-state index is -0.182. The Labute approximate surface area is 123 Å². The lowest BCUT2D eigenvalue weighted by Gasteiger charge is -2.13. The molecule has 0 N–H and O–H groups in total. The third kappa shape index (κ3) is 3.40. The Kier molecular flexibility index (Phi) is 4.57. The minimum absolute atomic E-state index is 0.182. The molecular formula is C17H15NO3. The number of ether oxygens (including phenoxy) is 2. The summed E-state index contributed by atoms with van der Waals surface area (Å²) < 4.78 is 10.9. The zero-order chi connectivity index (χ0) is 15.2. The number of carbonyl (C=O) groups excluding carboxylic acids is 1. The molecule has 2 aromatic carbocycles. The molecule has 0 aromatic heterocycles. The van der Waals surface area contributed by atoms with Gasteiger partial charge in [0, 0.05) is 11.6 Å². The molecule has 4 nitrogen and oxygen atoms in total. The minimum Gasteiger partial charge on any atom is -0.493 e. The quantitative estimate of drug-likeness (QED) is 0.788. The van der Waals surface area contributed by atoms with E-state index in [4.69, 9.17) is 14.7 Å². The van der Waals surface area contributed by atoms with Crippen LogP contribution >= 0.6 is 0 Å². The van der Waals surface area contributed by atoms with Crippen molar-refractivity contribution in [1.29, 1.82) is 5.26 Å². The normalized spacial score (nSPS) is 9.76. The molecule has 0 aliphatic heterocycles. The molecule has 0 spiro atoms. The summed E-state index contributed by atoms with van der Waals surface area (Å²) in [5.74, 6) is 0.705. The Morgan fingerprint density at radius 3 is 2.48 bits per heavy atom. The Morgan fingerprint density at radius 2 is 1.90 bits per heavy atom. The predicted octanol–water partition coefficient (Wildman–Crippen LogP) is 3.35. The second-order valence-corrected chi connectivity index (χ2v) is 4.49. The van der Waals surface area contributed by atoms with Crippen LogP contribution in [0.4, 0.5) is 0 Å². The molecule has 0 heterocycles. The molecule has 0 aliphatic carbocycles. The van der Waals surface area contributed by atoms with Gasteiger partial charge in [0.2, 0.25) is 0 Å². The van der Waals surface area contributed by atoms with Crippen molar-refractivity contribution in [3.05, 3.63) is 59.2 Å². The van der Waals surface area contributed by atoms with Gasteiger partial charge >= 0.3 is 0 Å². The molecule has 21 heavy (non-hydrogen) atoms. The molecule has 0 atom stereocenters. The van der Waals surface area contributed by atoms with Gasteiger partial charge in [0.15, 0.2) is 17.3 Å². The Bertz CT molecular complexity index is 687. The van der Waals surface area contributed by atoms with E-state index in [1.807, 2.05) is 36.4 Å². The number of ketones is 1. The molecule has 4 heteroatoms. The molecule has 0 bridgehead atoms. The standard InChI is InChI=1S/C17H15NO3/c1-12(19)15-9-17(16(20-2)8-14(15)10-18)21-11-13-6-4-3-5-7-13/h3-9H,11H2,1-2H3. The molecule has 2 rings (SSSR count). The Morgan fingerprint density at radius 1 is 1.19 bits per heavy atom. The number of hydrogen-bond donors (Lipinski definition) is 0. The van der Waals surface area contributed by atoms with Gasteiger partial charge < -0.3 is 9.47 Å². The van der Waals surface area contributed by atoms with E-state index < -0.39 is 0 Å². The van der Waals surface area contributed by atoms with Gasteiger partial charge in [-0.25, -0.2) is 0 Å². The summed E-state index contributed by atoms with van der Waals surface area (Å²) in [6.45, 7) is 1.78. The number of Topliss-reactive ketones (excluding diaryl/α,β-unsaturated/α-hetero) is 1. The number of nitriles is 1. The van der Waals surface area contributed by atoms with E-state index in [1.165, 1.54) is 20.1 Å². The van der Waals surface area contributed by atoms with E-state index in [2.05, 4.69) is 0 Å². The molecule has 106 valence electrons. The fraction of sp³-hybridized carbons (Fsp3) is 0.176. The van der Waals surface area contributed by atoms with Gasteiger partial charge in [0.05, 0.1) is 12.7 Å². The summed E-state index contributed by atoms with van der Waals surface area (Å²) in [6, 6.07) is 14.8. The van der Waals surface area contributed by atoms with Crippen LogP contribution in [0.15, 0.2) is 42.5 Å². The van der Waals surface area contributed by atoms with Gasteiger partial charge in [-0.2, -0.15) is 5.26 Å². The zero-order valence-electron chi connectivity index (χ0n) is 11.9. The Hall–Kier alpha value is -2.80. The highest BCUT2D eigenvalue weighted by molar-refractivity contribution is 5.97. The van der Waals surface area contributed by atoms with Crippen LogP contribution < -0.4 is 9.47 Å². The van der Waals surface area contributed by atoms with Gasteiger partial charge in [-0.05, 0) is 18.6 Å². The number of benzene rings is 2. The number of nitrogens with zero attached hydrogens (tertiary/aromatic N) is 1. The van der Waals surface area contributed by atoms with Gasteiger partial charge in [0.1, 0.15) is 12.7 Å². The van der Waals surface area contributed by atoms with Crippen molar-refractivity contribution < 1.29 is 14.3 Å². The van der Waals surface area contributed by atoms with Crippen LogP contribution in [0.5, 0.6) is 11.5 Å². The topological polar surface area (TPSA) is 59.3 Å². The first kappa shape index (κ1) is 14.6. The van der Waals surface area contributed by atoms with Crippen molar-refractivity contribution in [3.8, 4) is 17.6 Å². The fourth-order valence-electron chi connectivity index (χ4n) is 1.95. The van der Waals surface area contributed by atoms with Crippen LogP contribution in [-0.2, 0) is 6.61 Å². The van der Waals surface area contributed by atoms with Crippen LogP contribution in [-0.4, -0.2) is 12.9 Å². The van der Waals surface area contributed by atoms with Crippen molar-refractivity contribution in [2.45, 2.75) is 13.5 Å². The highest BCUT2D eigenvalue weighted by Gasteiger charge is 2.14. The van der Waals surface area contributed by atoms with E-state index in [0.717, 1.165) is 5.56 Å². The van der Waals surface area contributed by atoms with Crippen molar-refractivity contribution in [3.63, 3.8) is 0 Å². The number of methoxy groups -OCH3 is 1. The first-order valence-corrected chi connectivity index (χ1v) is 6.45. The monoisotopic (exact) mass is 281 g/mol. The first-order valence-electron chi connectivity index (χ1n) is 6.45. The highest BCUT2D eigenvalue weighted by atomic mass is 16.5. The lowest BCUT2D eigenvalue weighted by atomic mass is 10.0. The van der Waals surface area contributed by atoms with Gasteiger partial charge in [0.25, 0.3) is 0 Å². The summed E-state index contributed by atoms with van der Waals surface area (Å²) in [5.41, 5.74) is 1.63. The molecular weight excluding hydrogens is 266 g/mol. The zero-order valence-corrected chi connectivity index (χ0v) is 11.9. The second kappa shape index (κ2) is 6.58. The molecule has 0 radical (unpaired) electrons. The molecule has 0 amide bonds. The lowest BCUT2D eigenvalue weighted by Crippen LogP contribution is -2.02. The molecule has 0 fully saturated rings. The van der Waals surface area contributed by atoms with E-state index >= 15 is 0 Å². The second-order valence-electron chi connectivity index (χ2n) is 4.49. The summed E-state index contributed by atoms with van der Waals surface area (Å²) in [7, 11) is 1.50. The van der Waals surface area contributed by atoms with E-state index in [1.54, 1.807) is 6.07 Å². The molecule has 0 saturated heterocycles. The van der Waals surface area contributed by atoms with Crippen LogP contribution in [0.3, 0.4) is 0 Å². The van der Waals surface area contributed by atoms with Crippen molar-refractivity contribution in [2.75, 3.05) is 7.11 Å². The lowest BCUT2D eigenvalue weighted by molar-refractivity contribution is 0.101. The third-order valence-electron chi connectivity index (χ3n) is 3.04. The van der Waals surface area contributed by atoms with Crippen molar-refractivity contribution in [1.82, 2.24) is 0 Å². The maximum atomic E-state index is 11.6. The number of carbonyl (C=O) groups is 1. The van der Waals surface area contributed by atoms with Crippen molar-refractivity contribution in [2.24, 2.45) is 0 Å². The van der Waals surface area contributed by atoms with E-state index in [9.17, 15) is 4.79 Å². The number of hydrogen-bond acceptors (Lipinski definition) is 4. The van der Waals surface area contributed by atoms with Crippen LogP contribution in [0.2, 0.25) is 0 Å². The van der Waals surface area contributed by atoms with E-state index in [-0.39, 0.29) is 11.3 Å². The average molecular weight is 281 g/mol. The average Bonchev–Trinajstić information content (AvgIpc) is 2.52. The summed E-state index contributed by atoms with van der Waals surface area (Å²) in [4.78, 5) is 11.6. The summed E-state index contributed by atoms with van der Waals surface area (Å²) in [6.07, 6.45) is 0. The Balaban J connectivity index is 2.32. The van der Waals surface area contributed by atoms with Crippen LogP contribution in [0.1, 0.15) is 28.4 Å². The largest absolute Gasteiger partial charge is 0.493 e. The molecule has 0 aliphatic rings. The van der Waals surface area contributed by atoms with Gasteiger partial charge in [-0.3, -0.25) is 4.79 Å². The van der Waals surface area contributed by atoms with Gasteiger partial charge in [-0.1, -0.05) is 30.3 Å². The fourth-order valence-corrected chi connectivity index (χ4v) is 1.95. The number of rotatable bonds is 5. The predicted molar refractivity (Wildman–Crippen MR) is 78.5 cm³/mol. The van der Waals surface area contributed by atoms with Crippen molar-refractivity contribution >= 4 is 5.78 Å².